The van der Waals surface area contributed by atoms with Crippen molar-refractivity contribution in [1.82, 2.24) is 10.8 Å². The van der Waals surface area contributed by atoms with Gasteiger partial charge in [0.25, 0.3) is 0 Å². The predicted molar refractivity (Wildman–Crippen MR) is 92.5 cm³/mol. The average molecular weight is 332 g/mol. The lowest BCUT2D eigenvalue weighted by Crippen LogP contribution is -2.41. The molecule has 0 aliphatic heterocycles. The van der Waals surface area contributed by atoms with Gasteiger partial charge in [0.1, 0.15) is 0 Å². The molecule has 0 bridgehead atoms. The molecule has 2 amide bonds. The molecule has 1 aromatic carbocycles. The van der Waals surface area contributed by atoms with Crippen LogP contribution in [0, 0.1) is 11.8 Å². The number of carbonyl (C=O) groups excluding carboxylic acids is 2. The van der Waals surface area contributed by atoms with E-state index in [-0.39, 0.29) is 24.3 Å². The Kier molecular flexibility index (Phi) is 6.79. The van der Waals surface area contributed by atoms with Crippen LogP contribution in [0.15, 0.2) is 30.3 Å². The average Bonchev–Trinajstić information content (AvgIpc) is 2.60. The van der Waals surface area contributed by atoms with Crippen LogP contribution in [-0.2, 0) is 9.59 Å². The summed E-state index contributed by atoms with van der Waals surface area (Å²) in [5.74, 6) is -0.538. The van der Waals surface area contributed by atoms with Gasteiger partial charge < -0.3 is 5.32 Å². The van der Waals surface area contributed by atoms with E-state index in [1.165, 1.54) is 5.56 Å². The number of nitrogens with one attached hydrogen (secondary N) is 2. The molecule has 3 N–H and O–H groups in total. The lowest BCUT2D eigenvalue weighted by Gasteiger charge is -2.30. The van der Waals surface area contributed by atoms with Crippen LogP contribution in [0.3, 0.4) is 0 Å². The number of amides is 2. The summed E-state index contributed by atoms with van der Waals surface area (Å²) in [6.45, 7) is 3.75. The summed E-state index contributed by atoms with van der Waals surface area (Å²) in [5.41, 5.74) is 3.04. The van der Waals surface area contributed by atoms with E-state index in [0.29, 0.717) is 5.92 Å². The van der Waals surface area contributed by atoms with Crippen LogP contribution in [0.4, 0.5) is 0 Å². The van der Waals surface area contributed by atoms with Gasteiger partial charge >= 0.3 is 0 Å². The van der Waals surface area contributed by atoms with E-state index < -0.39 is 11.8 Å². The molecule has 0 saturated heterocycles. The smallest absolute Gasteiger partial charge is 0.247 e. The van der Waals surface area contributed by atoms with Gasteiger partial charge in [0, 0.05) is 12.5 Å². The number of carbonyl (C=O) groups is 2. The van der Waals surface area contributed by atoms with Gasteiger partial charge in [-0.1, -0.05) is 44.2 Å². The van der Waals surface area contributed by atoms with Crippen LogP contribution in [0.2, 0.25) is 0 Å². The Hall–Kier alpha value is -1.88. The SMILES string of the molecule is CC(C)C(CC(=O)NC1CCC(c2ccccc2)CC1)C(=O)NO. The Morgan fingerprint density at radius 2 is 1.75 bits per heavy atom. The Labute approximate surface area is 143 Å². The third-order valence-corrected chi connectivity index (χ3v) is 5.02. The lowest BCUT2D eigenvalue weighted by molar-refractivity contribution is -0.138. The van der Waals surface area contributed by atoms with Crippen molar-refractivity contribution in [2.24, 2.45) is 11.8 Å². The molecule has 1 atom stereocenters. The summed E-state index contributed by atoms with van der Waals surface area (Å²) in [4.78, 5) is 23.9. The summed E-state index contributed by atoms with van der Waals surface area (Å²) < 4.78 is 0. The Morgan fingerprint density at radius 3 is 2.29 bits per heavy atom. The molecule has 1 aliphatic rings. The van der Waals surface area contributed by atoms with Gasteiger partial charge in [-0.25, -0.2) is 5.48 Å². The number of benzene rings is 1. The van der Waals surface area contributed by atoms with E-state index in [1.54, 1.807) is 5.48 Å². The van der Waals surface area contributed by atoms with Gasteiger partial charge in [-0.2, -0.15) is 0 Å². The quantitative estimate of drug-likeness (QED) is 0.553. The Balaban J connectivity index is 1.80. The van der Waals surface area contributed by atoms with Gasteiger partial charge in [-0.3, -0.25) is 14.8 Å². The van der Waals surface area contributed by atoms with Crippen LogP contribution < -0.4 is 10.8 Å². The van der Waals surface area contributed by atoms with Crippen LogP contribution in [-0.4, -0.2) is 23.1 Å². The van der Waals surface area contributed by atoms with Crippen molar-refractivity contribution in [1.29, 1.82) is 0 Å². The molecule has 1 unspecified atom stereocenters. The molecule has 0 radical (unpaired) electrons. The molecule has 0 aromatic heterocycles. The van der Waals surface area contributed by atoms with Crippen LogP contribution in [0.25, 0.3) is 0 Å². The minimum atomic E-state index is -0.504. The maximum atomic E-state index is 12.2. The van der Waals surface area contributed by atoms with Crippen LogP contribution >= 0.6 is 0 Å². The highest BCUT2D eigenvalue weighted by Gasteiger charge is 2.27. The van der Waals surface area contributed by atoms with E-state index in [2.05, 4.69) is 29.6 Å². The zero-order valence-corrected chi connectivity index (χ0v) is 14.5. The first kappa shape index (κ1) is 18.5. The first-order valence-electron chi connectivity index (χ1n) is 8.79. The summed E-state index contributed by atoms with van der Waals surface area (Å²) >= 11 is 0. The van der Waals surface area contributed by atoms with Gasteiger partial charge in [0.2, 0.25) is 11.8 Å². The molecular weight excluding hydrogens is 304 g/mol. The zero-order chi connectivity index (χ0) is 17.5. The second kappa shape index (κ2) is 8.83. The molecule has 1 aromatic rings. The van der Waals surface area contributed by atoms with E-state index in [4.69, 9.17) is 5.21 Å². The third kappa shape index (κ3) is 5.06. The van der Waals surface area contributed by atoms with Crippen molar-refractivity contribution in [3.05, 3.63) is 35.9 Å². The van der Waals surface area contributed by atoms with Gasteiger partial charge in [-0.15, -0.1) is 0 Å². The van der Waals surface area contributed by atoms with Crippen molar-refractivity contribution in [2.45, 2.75) is 57.9 Å². The molecule has 2 rings (SSSR count). The molecule has 1 aliphatic carbocycles. The fourth-order valence-electron chi connectivity index (χ4n) is 3.50. The van der Waals surface area contributed by atoms with Gasteiger partial charge in [0.05, 0.1) is 5.92 Å². The van der Waals surface area contributed by atoms with E-state index >= 15 is 0 Å². The fourth-order valence-corrected chi connectivity index (χ4v) is 3.50. The maximum Gasteiger partial charge on any atom is 0.247 e. The maximum absolute atomic E-state index is 12.2. The van der Waals surface area contributed by atoms with Crippen molar-refractivity contribution in [3.63, 3.8) is 0 Å². The highest BCUT2D eigenvalue weighted by atomic mass is 16.5. The third-order valence-electron chi connectivity index (χ3n) is 5.02. The number of hydroxylamine groups is 1. The lowest BCUT2D eigenvalue weighted by atomic mass is 9.81. The number of rotatable bonds is 6. The molecule has 0 spiro atoms. The highest BCUT2D eigenvalue weighted by molar-refractivity contribution is 5.85. The highest BCUT2D eigenvalue weighted by Crippen LogP contribution is 2.32. The fraction of sp³-hybridized carbons (Fsp3) is 0.579. The molecular formula is C19H28N2O3. The topological polar surface area (TPSA) is 78.4 Å². The van der Waals surface area contributed by atoms with Crippen molar-refractivity contribution in [2.75, 3.05) is 0 Å². The Bertz CT molecular complexity index is 537. The zero-order valence-electron chi connectivity index (χ0n) is 14.5. The van der Waals surface area contributed by atoms with Gasteiger partial charge in [0.15, 0.2) is 0 Å². The molecule has 24 heavy (non-hydrogen) atoms. The minimum absolute atomic E-state index is 0.00304. The van der Waals surface area contributed by atoms with Crippen LogP contribution in [0.1, 0.15) is 57.4 Å². The second-order valence-electron chi connectivity index (χ2n) is 7.06. The summed E-state index contributed by atoms with van der Waals surface area (Å²) in [6, 6.07) is 10.7. The standard InChI is InChI=1S/C19H28N2O3/c1-13(2)17(19(23)21-24)12-18(22)20-16-10-8-15(9-11-16)14-6-4-3-5-7-14/h3-7,13,15-17,24H,8-12H2,1-2H3,(H,20,22)(H,21,23). The van der Waals surface area contributed by atoms with Crippen molar-refractivity contribution in [3.8, 4) is 0 Å². The van der Waals surface area contributed by atoms with E-state index in [0.717, 1.165) is 25.7 Å². The molecule has 1 saturated carbocycles. The minimum Gasteiger partial charge on any atom is -0.353 e. The molecule has 5 nitrogen and oxygen atoms in total. The van der Waals surface area contributed by atoms with Crippen LogP contribution in [0.5, 0.6) is 0 Å². The first-order valence-corrected chi connectivity index (χ1v) is 8.79. The molecule has 5 heteroatoms. The number of hydrogen-bond donors (Lipinski definition) is 3. The molecule has 132 valence electrons. The monoisotopic (exact) mass is 332 g/mol. The second-order valence-corrected chi connectivity index (χ2v) is 7.06. The van der Waals surface area contributed by atoms with Crippen molar-refractivity contribution < 1.29 is 14.8 Å². The normalized spacial score (nSPS) is 22.0. The summed E-state index contributed by atoms with van der Waals surface area (Å²) in [7, 11) is 0. The molecule has 1 fully saturated rings. The van der Waals surface area contributed by atoms with E-state index in [1.807, 2.05) is 19.9 Å². The largest absolute Gasteiger partial charge is 0.353 e. The van der Waals surface area contributed by atoms with E-state index in [9.17, 15) is 9.59 Å². The number of hydrogen-bond acceptors (Lipinski definition) is 3. The predicted octanol–water partition coefficient (Wildman–Crippen LogP) is 3.00. The van der Waals surface area contributed by atoms with Crippen molar-refractivity contribution >= 4 is 11.8 Å². The first-order chi connectivity index (χ1) is 11.5. The van der Waals surface area contributed by atoms with Gasteiger partial charge in [-0.05, 0) is 43.1 Å². The summed E-state index contributed by atoms with van der Waals surface area (Å²) in [6.07, 6.45) is 4.18. The molecule has 0 heterocycles. The Morgan fingerprint density at radius 1 is 1.12 bits per heavy atom. The summed E-state index contributed by atoms with van der Waals surface area (Å²) in [5, 5.41) is 11.8.